The molecule has 0 saturated heterocycles. The predicted octanol–water partition coefficient (Wildman–Crippen LogP) is 2.92. The summed E-state index contributed by atoms with van der Waals surface area (Å²) in [5, 5.41) is 0. The van der Waals surface area contributed by atoms with E-state index in [9.17, 15) is 9.59 Å². The molecule has 4 nitrogen and oxygen atoms in total. The molecule has 1 rings (SSSR count). The van der Waals surface area contributed by atoms with E-state index in [1.807, 2.05) is 27.7 Å². The maximum atomic E-state index is 12.0. The number of carbonyl (C=O) groups is 2. The fourth-order valence-corrected chi connectivity index (χ4v) is 1.63. The van der Waals surface area contributed by atoms with Crippen LogP contribution in [0.2, 0.25) is 0 Å². The molecule has 0 radical (unpaired) electrons. The highest BCUT2D eigenvalue weighted by molar-refractivity contribution is 5.89. The molecule has 1 aliphatic rings. The highest BCUT2D eigenvalue weighted by Crippen LogP contribution is 2.28. The van der Waals surface area contributed by atoms with Crippen LogP contribution in [0, 0.1) is 0 Å². The van der Waals surface area contributed by atoms with Gasteiger partial charge < -0.3 is 9.64 Å². The zero-order valence-corrected chi connectivity index (χ0v) is 11.7. The monoisotopic (exact) mass is 253 g/mol. The molecule has 0 heterocycles. The summed E-state index contributed by atoms with van der Waals surface area (Å²) in [6, 6.07) is 0.262. The molecule has 1 aliphatic carbocycles. The third-order valence-electron chi connectivity index (χ3n) is 2.57. The van der Waals surface area contributed by atoms with Crippen molar-refractivity contribution in [3.8, 4) is 0 Å². The average Bonchev–Trinajstić information content (AvgIpc) is 2.99. The van der Waals surface area contributed by atoms with E-state index in [4.69, 9.17) is 4.74 Å². The van der Waals surface area contributed by atoms with Gasteiger partial charge in [-0.05, 0) is 46.6 Å². The van der Waals surface area contributed by atoms with Crippen LogP contribution in [0.5, 0.6) is 0 Å². The predicted molar refractivity (Wildman–Crippen MR) is 70.4 cm³/mol. The van der Waals surface area contributed by atoms with E-state index in [0.717, 1.165) is 12.8 Å². The van der Waals surface area contributed by atoms with Crippen LogP contribution in [0.15, 0.2) is 12.2 Å². The Morgan fingerprint density at radius 3 is 2.39 bits per heavy atom. The van der Waals surface area contributed by atoms with E-state index in [1.165, 1.54) is 0 Å². The summed E-state index contributed by atoms with van der Waals surface area (Å²) in [4.78, 5) is 25.1. The summed E-state index contributed by atoms with van der Waals surface area (Å²) < 4.78 is 5.35. The third kappa shape index (κ3) is 5.34. The summed E-state index contributed by atoms with van der Waals surface area (Å²) >= 11 is 0. The molecule has 0 unspecified atom stereocenters. The zero-order valence-electron chi connectivity index (χ0n) is 11.7. The van der Waals surface area contributed by atoms with Crippen molar-refractivity contribution in [3.63, 3.8) is 0 Å². The number of carbonyl (C=O) groups excluding carboxylic acids is 2. The van der Waals surface area contributed by atoms with Crippen molar-refractivity contribution >= 4 is 11.9 Å². The van der Waals surface area contributed by atoms with Crippen LogP contribution in [0.4, 0.5) is 4.79 Å². The van der Waals surface area contributed by atoms with Crippen LogP contribution >= 0.6 is 0 Å². The SMILES string of the molecule is C/C=C/C(=O)CCN(C(=O)OC(C)(C)C)C1CC1. The van der Waals surface area contributed by atoms with Crippen LogP contribution in [-0.4, -0.2) is 35.0 Å². The maximum Gasteiger partial charge on any atom is 0.410 e. The molecule has 4 heteroatoms. The van der Waals surface area contributed by atoms with Gasteiger partial charge in [0.1, 0.15) is 5.60 Å². The van der Waals surface area contributed by atoms with Gasteiger partial charge in [-0.2, -0.15) is 0 Å². The van der Waals surface area contributed by atoms with Gasteiger partial charge in [0.15, 0.2) is 5.78 Å². The van der Waals surface area contributed by atoms with Crippen molar-refractivity contribution in [1.29, 1.82) is 0 Å². The third-order valence-corrected chi connectivity index (χ3v) is 2.57. The van der Waals surface area contributed by atoms with Crippen molar-refractivity contribution in [2.24, 2.45) is 0 Å². The number of ketones is 1. The first kappa shape index (κ1) is 14.7. The molecule has 1 saturated carbocycles. The summed E-state index contributed by atoms with van der Waals surface area (Å²) in [5.74, 6) is 0.0479. The van der Waals surface area contributed by atoms with Crippen molar-refractivity contribution in [2.45, 2.75) is 58.6 Å². The maximum absolute atomic E-state index is 12.0. The molecule has 18 heavy (non-hydrogen) atoms. The molecule has 1 fully saturated rings. The summed E-state index contributed by atoms with van der Waals surface area (Å²) in [6.45, 7) is 7.80. The second kappa shape index (κ2) is 6.03. The number of ether oxygens (including phenoxy) is 1. The molecule has 0 aromatic heterocycles. The standard InChI is InChI=1S/C14H23NO3/c1-5-6-12(16)9-10-15(11-7-8-11)13(17)18-14(2,3)4/h5-6,11H,7-10H2,1-4H3/b6-5+. The highest BCUT2D eigenvalue weighted by Gasteiger charge is 2.35. The second-order valence-corrected chi connectivity index (χ2v) is 5.62. The number of amides is 1. The fraction of sp³-hybridized carbons (Fsp3) is 0.714. The molecule has 102 valence electrons. The molecular weight excluding hydrogens is 230 g/mol. The smallest absolute Gasteiger partial charge is 0.410 e. The van der Waals surface area contributed by atoms with Crippen molar-refractivity contribution < 1.29 is 14.3 Å². The van der Waals surface area contributed by atoms with Gasteiger partial charge in [0.25, 0.3) is 0 Å². The van der Waals surface area contributed by atoms with Crippen LogP contribution in [0.1, 0.15) is 47.0 Å². The van der Waals surface area contributed by atoms with Gasteiger partial charge >= 0.3 is 6.09 Å². The van der Waals surface area contributed by atoms with Crippen molar-refractivity contribution in [3.05, 3.63) is 12.2 Å². The summed E-state index contributed by atoms with van der Waals surface area (Å²) in [7, 11) is 0. The fourth-order valence-electron chi connectivity index (χ4n) is 1.63. The minimum absolute atomic E-state index is 0.0479. The van der Waals surface area contributed by atoms with Crippen LogP contribution in [0.25, 0.3) is 0 Å². The highest BCUT2D eigenvalue weighted by atomic mass is 16.6. The van der Waals surface area contributed by atoms with Crippen LogP contribution in [0.3, 0.4) is 0 Å². The first-order chi connectivity index (χ1) is 8.33. The molecular formula is C14H23NO3. The Bertz CT molecular complexity index is 337. The zero-order chi connectivity index (χ0) is 13.8. The van der Waals surface area contributed by atoms with Gasteiger partial charge in [-0.15, -0.1) is 0 Å². The van der Waals surface area contributed by atoms with Gasteiger partial charge in [0, 0.05) is 19.0 Å². The molecule has 0 bridgehead atoms. The van der Waals surface area contributed by atoms with E-state index in [-0.39, 0.29) is 17.9 Å². The van der Waals surface area contributed by atoms with Gasteiger partial charge in [0.2, 0.25) is 0 Å². The normalized spacial score (nSPS) is 15.8. The number of hydrogen-bond donors (Lipinski definition) is 0. The van der Waals surface area contributed by atoms with E-state index >= 15 is 0 Å². The first-order valence-corrected chi connectivity index (χ1v) is 6.48. The quantitative estimate of drug-likeness (QED) is 0.708. The number of nitrogens with zero attached hydrogens (tertiary/aromatic N) is 1. The Kier molecular flexibility index (Phi) is 4.93. The molecule has 0 aromatic carbocycles. The van der Waals surface area contributed by atoms with E-state index < -0.39 is 5.60 Å². The Morgan fingerprint density at radius 1 is 1.33 bits per heavy atom. The molecule has 0 spiro atoms. The largest absolute Gasteiger partial charge is 0.444 e. The van der Waals surface area contributed by atoms with E-state index in [1.54, 1.807) is 17.1 Å². The van der Waals surface area contributed by atoms with E-state index in [0.29, 0.717) is 13.0 Å². The lowest BCUT2D eigenvalue weighted by Crippen LogP contribution is -2.39. The van der Waals surface area contributed by atoms with Gasteiger partial charge in [-0.1, -0.05) is 6.08 Å². The van der Waals surface area contributed by atoms with Gasteiger partial charge in [-0.3, -0.25) is 4.79 Å². The lowest BCUT2D eigenvalue weighted by atomic mass is 10.2. The first-order valence-electron chi connectivity index (χ1n) is 6.48. The number of rotatable bonds is 5. The topological polar surface area (TPSA) is 46.6 Å². The molecule has 0 atom stereocenters. The minimum atomic E-state index is -0.489. The van der Waals surface area contributed by atoms with Gasteiger partial charge in [-0.25, -0.2) is 4.79 Å². The molecule has 0 aliphatic heterocycles. The lowest BCUT2D eigenvalue weighted by Gasteiger charge is -2.27. The summed E-state index contributed by atoms with van der Waals surface area (Å²) in [5.41, 5.74) is -0.489. The molecule has 0 N–H and O–H groups in total. The number of allylic oxidation sites excluding steroid dienone is 2. The van der Waals surface area contributed by atoms with Crippen LogP contribution < -0.4 is 0 Å². The second-order valence-electron chi connectivity index (χ2n) is 5.62. The Hall–Kier alpha value is -1.32. The Labute approximate surface area is 109 Å². The Balaban J connectivity index is 2.50. The average molecular weight is 253 g/mol. The molecule has 0 aromatic rings. The number of hydrogen-bond acceptors (Lipinski definition) is 3. The molecule has 1 amide bonds. The summed E-state index contributed by atoms with van der Waals surface area (Å²) in [6.07, 6.45) is 5.34. The Morgan fingerprint density at radius 2 is 1.94 bits per heavy atom. The van der Waals surface area contributed by atoms with Crippen molar-refractivity contribution in [2.75, 3.05) is 6.54 Å². The van der Waals surface area contributed by atoms with Crippen LogP contribution in [-0.2, 0) is 9.53 Å². The van der Waals surface area contributed by atoms with Crippen molar-refractivity contribution in [1.82, 2.24) is 4.90 Å². The van der Waals surface area contributed by atoms with Gasteiger partial charge in [0.05, 0.1) is 0 Å². The van der Waals surface area contributed by atoms with E-state index in [2.05, 4.69) is 0 Å². The minimum Gasteiger partial charge on any atom is -0.444 e. The lowest BCUT2D eigenvalue weighted by molar-refractivity contribution is -0.114.